The van der Waals surface area contributed by atoms with Gasteiger partial charge in [0.15, 0.2) is 43.0 Å². The van der Waals surface area contributed by atoms with Crippen LogP contribution in [0, 0.1) is 0 Å². The number of carbonyl (C=O) groups is 8. The third-order valence-electron chi connectivity index (χ3n) is 7.47. The predicted molar refractivity (Wildman–Crippen MR) is 179 cm³/mol. The fraction of sp³-hybridized carbons (Fsp3) is 0.588. The van der Waals surface area contributed by atoms with Crippen LogP contribution in [0.2, 0.25) is 5.02 Å². The number of esters is 7. The van der Waals surface area contributed by atoms with E-state index >= 15 is 0 Å². The number of hydrogen-bond acceptors (Lipinski definition) is 19. The summed E-state index contributed by atoms with van der Waals surface area (Å²) in [5.41, 5.74) is -0.0314. The molecule has 2 heterocycles. The molecule has 1 aromatic rings. The summed E-state index contributed by atoms with van der Waals surface area (Å²) in [6, 6.07) is 3.96. The molecule has 304 valence electrons. The summed E-state index contributed by atoms with van der Waals surface area (Å²) in [6.45, 7) is -2.58. The van der Waals surface area contributed by atoms with E-state index in [4.69, 9.17) is 69.2 Å². The van der Waals surface area contributed by atoms with Gasteiger partial charge in [0, 0.05) is 59.4 Å². The van der Waals surface area contributed by atoms with Gasteiger partial charge >= 0.3 is 41.8 Å². The Hall–Kier alpha value is -5.05. The molecule has 1 unspecified atom stereocenters. The first kappa shape index (κ1) is 38.2. The number of benzene rings is 1. The van der Waals surface area contributed by atoms with Crippen LogP contribution in [0.5, 0.6) is 5.75 Å². The first-order valence-electron chi connectivity index (χ1n) is 18.8. The second kappa shape index (κ2) is 20.0. The Kier molecular flexibility index (Phi) is 13.9. The Bertz CT molecular complexity index is 1710. The zero-order chi connectivity index (χ0) is 44.0. The molecule has 55 heavy (non-hydrogen) atoms. The minimum Gasteiger partial charge on any atom is -0.495 e. The van der Waals surface area contributed by atoms with E-state index in [9.17, 15) is 38.4 Å². The maximum atomic E-state index is 13.6. The Morgan fingerprint density at radius 2 is 1.16 bits per heavy atom. The zero-order valence-corrected chi connectivity index (χ0v) is 30.6. The molecular formula is C34H42ClNO19. The summed E-state index contributed by atoms with van der Waals surface area (Å²) in [5, 5.41) is 2.67. The predicted octanol–water partition coefficient (Wildman–Crippen LogP) is 0.698. The molecule has 2 saturated heterocycles. The highest BCUT2D eigenvalue weighted by atomic mass is 35.5. The number of carbonyl (C=O) groups excluding carboxylic acids is 8. The van der Waals surface area contributed by atoms with Gasteiger partial charge in [0.25, 0.3) is 5.91 Å². The monoisotopic (exact) mass is 807 g/mol. The Morgan fingerprint density at radius 3 is 1.73 bits per heavy atom. The number of hydrogen-bond donors (Lipinski definition) is 1. The number of amides is 1. The van der Waals surface area contributed by atoms with E-state index in [0.29, 0.717) is 0 Å². The van der Waals surface area contributed by atoms with E-state index in [0.717, 1.165) is 20.8 Å². The fourth-order valence-electron chi connectivity index (χ4n) is 5.50. The van der Waals surface area contributed by atoms with Crippen LogP contribution in [0.3, 0.4) is 0 Å². The summed E-state index contributed by atoms with van der Waals surface area (Å²) < 4.78 is 90.7. The van der Waals surface area contributed by atoms with E-state index in [-0.39, 0.29) is 16.3 Å². The van der Waals surface area contributed by atoms with Crippen molar-refractivity contribution in [1.29, 1.82) is 0 Å². The highest BCUT2D eigenvalue weighted by Crippen LogP contribution is 2.35. The fourth-order valence-corrected chi connectivity index (χ4v) is 5.69. The standard InChI is InChI=1S/C34H42ClNO19/c1-14(37)46-12-24-27(55-34-31(52-20(7)43)29(50-18(5)41)26(48-16(3)39)25(54-34)13-47-15(2)38)28(49-17(4)40)30(51-19(6)42)33(53-24)36-32(44)21-9-10-22(35)23(11-21)45-8/h9-11,24-31,33-34H,12-13H2,1-8H3,(H,36,44)/t24-,25-,26-,27-,28+,29+,30-,31-,33-,34?/m1/s1/i2D,3D,5D,7D. The van der Waals surface area contributed by atoms with Gasteiger partial charge in [0.05, 0.1) is 12.1 Å². The van der Waals surface area contributed by atoms with Crippen LogP contribution in [0.4, 0.5) is 0 Å². The molecule has 1 N–H and O–H groups in total. The van der Waals surface area contributed by atoms with Gasteiger partial charge < -0.3 is 57.4 Å². The van der Waals surface area contributed by atoms with Gasteiger partial charge in [0.1, 0.15) is 37.3 Å². The number of halogens is 1. The first-order chi connectivity index (χ1) is 28.0. The van der Waals surface area contributed by atoms with Gasteiger partial charge in [-0.25, -0.2) is 0 Å². The van der Waals surface area contributed by atoms with E-state index < -0.39 is 150 Å². The summed E-state index contributed by atoms with van der Waals surface area (Å²) in [6.07, 6.45) is -18.5. The smallest absolute Gasteiger partial charge is 0.303 e. The molecule has 0 spiro atoms. The SMILES string of the molecule is [2H]CC(=O)OC[C@H]1OC(O[C@H]2[C@H](OC(C)=O)[C@@H](OC(C)=O)[C@H](NC(=O)c3ccc(Cl)c(OC)c3)O[C@@H]2COC(C)=O)[C@H](OC(=O)C[2H])[C@@H](OC(=O)C[2H])[C@@H]1OC(=O)C[2H]. The van der Waals surface area contributed by atoms with Gasteiger partial charge in [-0.15, -0.1) is 0 Å². The second-order valence-electron chi connectivity index (χ2n) is 11.6. The maximum Gasteiger partial charge on any atom is 0.303 e. The molecule has 0 aromatic heterocycles. The summed E-state index contributed by atoms with van der Waals surface area (Å²) in [5.74, 6) is -8.54. The van der Waals surface area contributed by atoms with Crippen LogP contribution >= 0.6 is 11.6 Å². The van der Waals surface area contributed by atoms with Crippen molar-refractivity contribution in [3.8, 4) is 5.75 Å². The molecule has 20 nitrogen and oxygen atoms in total. The van der Waals surface area contributed by atoms with Crippen molar-refractivity contribution < 1.29 is 95.9 Å². The molecule has 3 rings (SSSR count). The van der Waals surface area contributed by atoms with Gasteiger partial charge in [-0.05, 0) is 18.2 Å². The van der Waals surface area contributed by atoms with Crippen molar-refractivity contribution in [2.45, 2.75) is 110 Å². The molecule has 2 aliphatic rings. The molecule has 2 fully saturated rings. The zero-order valence-electron chi connectivity index (χ0n) is 33.9. The van der Waals surface area contributed by atoms with E-state index in [2.05, 4.69) is 5.32 Å². The van der Waals surface area contributed by atoms with Crippen LogP contribution in [0.15, 0.2) is 18.2 Å². The molecule has 0 aliphatic carbocycles. The lowest BCUT2D eigenvalue weighted by Crippen LogP contribution is -2.68. The van der Waals surface area contributed by atoms with Gasteiger partial charge in [0.2, 0.25) is 0 Å². The average molecular weight is 808 g/mol. The van der Waals surface area contributed by atoms with Crippen LogP contribution in [0.25, 0.3) is 0 Å². The second-order valence-corrected chi connectivity index (χ2v) is 12.0. The van der Waals surface area contributed by atoms with E-state index in [1.54, 1.807) is 0 Å². The number of ether oxygens (including phenoxy) is 11. The maximum absolute atomic E-state index is 13.6. The minimum atomic E-state index is -2.10. The van der Waals surface area contributed by atoms with Crippen molar-refractivity contribution in [2.75, 3.05) is 20.3 Å². The third kappa shape index (κ3) is 12.8. The lowest BCUT2D eigenvalue weighted by atomic mass is 9.95. The third-order valence-corrected chi connectivity index (χ3v) is 7.78. The Morgan fingerprint density at radius 1 is 0.655 bits per heavy atom. The highest BCUT2D eigenvalue weighted by molar-refractivity contribution is 6.32. The van der Waals surface area contributed by atoms with E-state index in [1.165, 1.54) is 25.3 Å². The quantitative estimate of drug-likeness (QED) is 0.201. The largest absolute Gasteiger partial charge is 0.495 e. The van der Waals surface area contributed by atoms with Crippen molar-refractivity contribution in [2.24, 2.45) is 0 Å². The lowest BCUT2D eigenvalue weighted by molar-refractivity contribution is -0.345. The van der Waals surface area contributed by atoms with Gasteiger partial charge in [-0.3, -0.25) is 38.4 Å². The Balaban J connectivity index is 2.22. The van der Waals surface area contributed by atoms with Crippen molar-refractivity contribution in [3.63, 3.8) is 0 Å². The molecule has 2 aliphatic heterocycles. The van der Waals surface area contributed by atoms with Crippen molar-refractivity contribution in [1.82, 2.24) is 5.32 Å². The number of nitrogens with one attached hydrogen (secondary N) is 1. The van der Waals surface area contributed by atoms with Gasteiger partial charge in [-0.2, -0.15) is 0 Å². The molecule has 0 saturated carbocycles. The topological polar surface area (TPSA) is 250 Å². The number of methoxy groups -OCH3 is 1. The molecule has 1 aromatic carbocycles. The number of rotatable bonds is 14. The molecule has 10 atom stereocenters. The van der Waals surface area contributed by atoms with Crippen molar-refractivity contribution in [3.05, 3.63) is 28.8 Å². The molecule has 0 bridgehead atoms. The van der Waals surface area contributed by atoms with Crippen LogP contribution in [-0.4, -0.2) is 129 Å². The van der Waals surface area contributed by atoms with Crippen LogP contribution in [-0.2, 0) is 80.9 Å². The summed E-state index contributed by atoms with van der Waals surface area (Å²) >= 11 is 6.11. The lowest BCUT2D eigenvalue weighted by Gasteiger charge is -2.48. The van der Waals surface area contributed by atoms with Crippen LogP contribution in [0.1, 0.15) is 64.2 Å². The molecule has 21 heteroatoms. The summed E-state index contributed by atoms with van der Waals surface area (Å²) in [7, 11) is 1.31. The first-order valence-corrected chi connectivity index (χ1v) is 16.3. The Labute approximate surface area is 325 Å². The summed E-state index contributed by atoms with van der Waals surface area (Å²) in [4.78, 5) is 101. The van der Waals surface area contributed by atoms with Crippen molar-refractivity contribution >= 4 is 59.3 Å². The van der Waals surface area contributed by atoms with Gasteiger partial charge in [-0.1, -0.05) is 11.6 Å². The normalized spacial score (nSPS) is 28.2. The highest BCUT2D eigenvalue weighted by Gasteiger charge is 2.57. The average Bonchev–Trinajstić information content (AvgIpc) is 3.19. The molecular weight excluding hydrogens is 762 g/mol. The molecule has 1 amide bonds. The van der Waals surface area contributed by atoms with Crippen LogP contribution < -0.4 is 10.1 Å². The molecule has 0 radical (unpaired) electrons. The minimum absolute atomic E-state index is 0.0314. The van der Waals surface area contributed by atoms with E-state index in [1.807, 2.05) is 0 Å².